The van der Waals surface area contributed by atoms with Crippen LogP contribution in [0.4, 0.5) is 5.69 Å². The fourth-order valence-corrected chi connectivity index (χ4v) is 5.07. The number of allylic oxidation sites excluding steroid dienone is 4. The van der Waals surface area contributed by atoms with Gasteiger partial charge in [0.05, 0.1) is 5.69 Å². The van der Waals surface area contributed by atoms with E-state index in [2.05, 4.69) is 148 Å². The van der Waals surface area contributed by atoms with Gasteiger partial charge >= 0.3 is 0 Å². The number of nitrogens with one attached hydrogen (secondary N) is 1. The third-order valence-corrected chi connectivity index (χ3v) is 7.38. The molecule has 0 saturated carbocycles. The molecule has 0 saturated heterocycles. The van der Waals surface area contributed by atoms with Gasteiger partial charge in [0.1, 0.15) is 0 Å². The zero-order valence-electron chi connectivity index (χ0n) is 22.8. The fourth-order valence-electron chi connectivity index (χ4n) is 5.07. The second-order valence-electron chi connectivity index (χ2n) is 11.3. The topological polar surface area (TPSA) is 15.3 Å². The first-order chi connectivity index (χ1) is 17.8. The summed E-state index contributed by atoms with van der Waals surface area (Å²) >= 11 is 0. The molecule has 188 valence electrons. The highest BCUT2D eigenvalue weighted by atomic mass is 15.1. The molecular formula is C35H38N2. The predicted octanol–water partition coefficient (Wildman–Crippen LogP) is 8.71. The molecule has 1 N–H and O–H groups in total. The normalized spacial score (nSPS) is 16.0. The van der Waals surface area contributed by atoms with Crippen LogP contribution >= 0.6 is 0 Å². The van der Waals surface area contributed by atoms with Crippen LogP contribution in [0.3, 0.4) is 0 Å². The Morgan fingerprint density at radius 2 is 1.49 bits per heavy atom. The molecule has 37 heavy (non-hydrogen) atoms. The van der Waals surface area contributed by atoms with Crippen LogP contribution in [-0.4, -0.2) is 13.1 Å². The van der Waals surface area contributed by atoms with Gasteiger partial charge in [-0.1, -0.05) is 114 Å². The van der Waals surface area contributed by atoms with Crippen LogP contribution in [0.25, 0.3) is 22.5 Å². The highest BCUT2D eigenvalue weighted by Crippen LogP contribution is 2.39. The van der Waals surface area contributed by atoms with Gasteiger partial charge in [0.2, 0.25) is 0 Å². The van der Waals surface area contributed by atoms with Crippen LogP contribution in [0.5, 0.6) is 0 Å². The summed E-state index contributed by atoms with van der Waals surface area (Å²) < 4.78 is 0. The molecule has 0 bridgehead atoms. The van der Waals surface area contributed by atoms with E-state index in [1.54, 1.807) is 0 Å². The summed E-state index contributed by atoms with van der Waals surface area (Å²) in [4.78, 5) is 2.47. The molecule has 0 unspecified atom stereocenters. The second kappa shape index (κ2) is 10.3. The molecule has 3 aromatic rings. The van der Waals surface area contributed by atoms with Gasteiger partial charge in [-0.15, -0.1) is 0 Å². The molecule has 3 aromatic carbocycles. The Morgan fingerprint density at radius 3 is 2.19 bits per heavy atom. The van der Waals surface area contributed by atoms with Crippen LogP contribution in [0.15, 0.2) is 114 Å². The molecule has 0 fully saturated rings. The van der Waals surface area contributed by atoms with Crippen molar-refractivity contribution in [2.45, 2.75) is 34.6 Å². The Balaban J connectivity index is 1.60. The number of hydrogen-bond donors (Lipinski definition) is 1. The molecule has 0 atom stereocenters. The number of benzene rings is 3. The Bertz CT molecular complexity index is 1390. The first-order valence-corrected chi connectivity index (χ1v) is 13.4. The summed E-state index contributed by atoms with van der Waals surface area (Å²) in [7, 11) is 0. The monoisotopic (exact) mass is 486 g/mol. The van der Waals surface area contributed by atoms with Crippen LogP contribution in [0.1, 0.15) is 45.7 Å². The van der Waals surface area contributed by atoms with Gasteiger partial charge in [-0.2, -0.15) is 0 Å². The molecule has 2 heteroatoms. The Labute approximate surface area is 222 Å². The highest BCUT2D eigenvalue weighted by molar-refractivity contribution is 5.89. The molecule has 2 heterocycles. The first-order valence-electron chi connectivity index (χ1n) is 13.4. The number of nitrogens with zero attached hydrogens (tertiary/aromatic N) is 1. The lowest BCUT2D eigenvalue weighted by Gasteiger charge is -2.35. The maximum Gasteiger partial charge on any atom is 0.0508 e. The van der Waals surface area contributed by atoms with Crippen LogP contribution in [0.2, 0.25) is 0 Å². The van der Waals surface area contributed by atoms with Crippen molar-refractivity contribution in [3.8, 4) is 11.1 Å². The van der Waals surface area contributed by atoms with Gasteiger partial charge in [-0.05, 0) is 63.5 Å². The molecule has 2 aliphatic heterocycles. The quantitative estimate of drug-likeness (QED) is 0.388. The van der Waals surface area contributed by atoms with Gasteiger partial charge in [0.15, 0.2) is 0 Å². The number of hydrogen-bond acceptors (Lipinski definition) is 2. The van der Waals surface area contributed by atoms with Gasteiger partial charge < -0.3 is 10.2 Å². The summed E-state index contributed by atoms with van der Waals surface area (Å²) in [5.41, 5.74) is 11.5. The third-order valence-electron chi connectivity index (χ3n) is 7.38. The number of para-hydroxylation sites is 1. The minimum atomic E-state index is 0.0827. The lowest BCUT2D eigenvalue weighted by Crippen LogP contribution is -2.29. The van der Waals surface area contributed by atoms with E-state index in [1.807, 2.05) is 0 Å². The van der Waals surface area contributed by atoms with Crippen molar-refractivity contribution < 1.29 is 0 Å². The zero-order chi connectivity index (χ0) is 26.0. The summed E-state index contributed by atoms with van der Waals surface area (Å²) in [5, 5.41) is 3.70. The molecule has 5 rings (SSSR count). The average molecular weight is 487 g/mol. The molecule has 0 radical (unpaired) electrons. The van der Waals surface area contributed by atoms with Gasteiger partial charge in [0.25, 0.3) is 0 Å². The van der Waals surface area contributed by atoms with E-state index >= 15 is 0 Å². The van der Waals surface area contributed by atoms with E-state index in [9.17, 15) is 0 Å². The van der Waals surface area contributed by atoms with Crippen molar-refractivity contribution in [1.29, 1.82) is 0 Å². The van der Waals surface area contributed by atoms with Gasteiger partial charge in [0, 0.05) is 30.0 Å². The van der Waals surface area contributed by atoms with Crippen molar-refractivity contribution in [3.05, 3.63) is 125 Å². The smallest absolute Gasteiger partial charge is 0.0508 e. The second-order valence-corrected chi connectivity index (χ2v) is 11.3. The summed E-state index contributed by atoms with van der Waals surface area (Å²) in [6.07, 6.45) is 9.32. The Hall–Kier alpha value is -3.78. The molecule has 2 aliphatic rings. The highest BCUT2D eigenvalue weighted by Gasteiger charge is 2.26. The van der Waals surface area contributed by atoms with Crippen molar-refractivity contribution in [2.75, 3.05) is 18.0 Å². The third kappa shape index (κ3) is 5.34. The van der Waals surface area contributed by atoms with E-state index in [0.29, 0.717) is 5.92 Å². The maximum absolute atomic E-state index is 3.70. The van der Waals surface area contributed by atoms with Crippen molar-refractivity contribution in [2.24, 2.45) is 11.3 Å². The average Bonchev–Trinajstić information content (AvgIpc) is 2.93. The lowest BCUT2D eigenvalue weighted by molar-refractivity contribution is 0.514. The van der Waals surface area contributed by atoms with E-state index < -0.39 is 0 Å². The number of rotatable bonds is 5. The van der Waals surface area contributed by atoms with Gasteiger partial charge in [-0.3, -0.25) is 0 Å². The first kappa shape index (κ1) is 24.9. The summed E-state index contributed by atoms with van der Waals surface area (Å²) in [6, 6.07) is 28.4. The van der Waals surface area contributed by atoms with Crippen molar-refractivity contribution in [1.82, 2.24) is 5.32 Å². The van der Waals surface area contributed by atoms with Crippen LogP contribution in [0, 0.1) is 11.3 Å². The molecular weight excluding hydrogens is 448 g/mol. The molecule has 0 spiro atoms. The number of dihydropyridines is 1. The Morgan fingerprint density at radius 1 is 0.784 bits per heavy atom. The zero-order valence-corrected chi connectivity index (χ0v) is 22.8. The molecule has 0 aliphatic carbocycles. The number of anilines is 1. The minimum absolute atomic E-state index is 0.0827. The molecule has 0 aromatic heterocycles. The Kier molecular flexibility index (Phi) is 6.93. The lowest BCUT2D eigenvalue weighted by atomic mass is 9.83. The van der Waals surface area contributed by atoms with E-state index in [-0.39, 0.29) is 5.41 Å². The van der Waals surface area contributed by atoms with E-state index in [4.69, 9.17) is 0 Å². The minimum Gasteiger partial charge on any atom is -0.381 e. The summed E-state index contributed by atoms with van der Waals surface area (Å²) in [6.45, 7) is 13.1. The fraction of sp³-hybridized carbons (Fsp3) is 0.257. The van der Waals surface area contributed by atoms with Crippen LogP contribution < -0.4 is 10.2 Å². The van der Waals surface area contributed by atoms with Crippen molar-refractivity contribution in [3.63, 3.8) is 0 Å². The van der Waals surface area contributed by atoms with Gasteiger partial charge in [-0.25, -0.2) is 0 Å². The molecule has 2 nitrogen and oxygen atoms in total. The largest absolute Gasteiger partial charge is 0.381 e. The summed E-state index contributed by atoms with van der Waals surface area (Å²) in [5.74, 6) is 0.551. The molecule has 0 amide bonds. The standard InChI is InChI=1S/C35H38N2/c1-25(2)29-18-19-32(36-24-29)31-16-9-10-17-33(31)37-21-20-30(35(3,4)5)23-34(37)28-15-11-14-27(22-28)26-12-7-6-8-13-26/h6-20,22-23,25,36H,21,24H2,1-5H3. The van der Waals surface area contributed by atoms with Crippen LogP contribution in [-0.2, 0) is 0 Å². The van der Waals surface area contributed by atoms with E-state index in [1.165, 1.54) is 50.5 Å². The van der Waals surface area contributed by atoms with Crippen molar-refractivity contribution >= 4 is 17.1 Å². The van der Waals surface area contributed by atoms with E-state index in [0.717, 1.165) is 13.1 Å². The predicted molar refractivity (Wildman–Crippen MR) is 160 cm³/mol. The maximum atomic E-state index is 3.70. The SMILES string of the molecule is CC(C)C1=CC=C(c2ccccc2N2CC=C(C(C)(C)C)C=C2c2cccc(-c3ccccc3)c2)NC1.